The van der Waals surface area contributed by atoms with Crippen molar-refractivity contribution in [2.45, 2.75) is 13.5 Å². The summed E-state index contributed by atoms with van der Waals surface area (Å²) >= 11 is 3.39. The third-order valence-electron chi connectivity index (χ3n) is 4.35. The number of ether oxygens (including phenoxy) is 1. The second-order valence-corrected chi connectivity index (χ2v) is 7.11. The Kier molecular flexibility index (Phi) is 6.49. The van der Waals surface area contributed by atoms with Gasteiger partial charge in [0.1, 0.15) is 0 Å². The van der Waals surface area contributed by atoms with Gasteiger partial charge in [-0.25, -0.2) is 4.98 Å². The molecule has 1 fully saturated rings. The Morgan fingerprint density at radius 2 is 2.07 bits per heavy atom. The molecule has 9 nitrogen and oxygen atoms in total. The number of anilines is 1. The summed E-state index contributed by atoms with van der Waals surface area (Å²) in [5.74, 6) is 2.15. The average molecular weight is 437 g/mol. The van der Waals surface area contributed by atoms with Crippen molar-refractivity contribution >= 4 is 27.8 Å². The molecular formula is C17H25BrN8O. The first-order valence-corrected chi connectivity index (χ1v) is 9.66. The van der Waals surface area contributed by atoms with Crippen LogP contribution in [0.2, 0.25) is 0 Å². The monoisotopic (exact) mass is 436 g/mol. The molecule has 0 saturated carbocycles. The Labute approximate surface area is 167 Å². The number of aliphatic imine (C=N–C) groups is 1. The average Bonchev–Trinajstić information content (AvgIpc) is 3.11. The fourth-order valence-corrected chi connectivity index (χ4v) is 3.31. The van der Waals surface area contributed by atoms with Crippen molar-refractivity contribution in [3.63, 3.8) is 0 Å². The molecule has 27 heavy (non-hydrogen) atoms. The van der Waals surface area contributed by atoms with Gasteiger partial charge < -0.3 is 19.9 Å². The second kappa shape index (κ2) is 9.03. The molecule has 1 N–H and O–H groups in total. The Bertz CT molecular complexity index is 785. The van der Waals surface area contributed by atoms with Crippen LogP contribution in [-0.4, -0.2) is 77.5 Å². The van der Waals surface area contributed by atoms with E-state index >= 15 is 0 Å². The molecule has 3 rings (SSSR count). The zero-order valence-electron chi connectivity index (χ0n) is 15.9. The third-order valence-corrected chi connectivity index (χ3v) is 4.90. The number of aryl methyl sites for hydroxylation is 1. The number of hydrogen-bond acceptors (Lipinski definition) is 6. The van der Waals surface area contributed by atoms with Crippen molar-refractivity contribution in [1.82, 2.24) is 30.0 Å². The van der Waals surface area contributed by atoms with Crippen LogP contribution in [0.3, 0.4) is 0 Å². The van der Waals surface area contributed by atoms with Crippen molar-refractivity contribution in [3.8, 4) is 5.88 Å². The first-order valence-electron chi connectivity index (χ1n) is 8.87. The highest BCUT2D eigenvalue weighted by molar-refractivity contribution is 9.10. The molecule has 0 spiro atoms. The fourth-order valence-electron chi connectivity index (χ4n) is 2.96. The molecule has 146 valence electrons. The molecule has 2 aromatic rings. The smallest absolute Gasteiger partial charge is 0.232 e. The van der Waals surface area contributed by atoms with E-state index in [0.717, 1.165) is 49.7 Å². The highest BCUT2D eigenvalue weighted by Gasteiger charge is 2.22. The summed E-state index contributed by atoms with van der Waals surface area (Å²) in [5.41, 5.74) is 1.17. The van der Waals surface area contributed by atoms with E-state index in [4.69, 9.17) is 4.74 Å². The minimum Gasteiger partial charge on any atom is -0.480 e. The van der Waals surface area contributed by atoms with Crippen LogP contribution >= 0.6 is 15.9 Å². The molecule has 0 atom stereocenters. The summed E-state index contributed by atoms with van der Waals surface area (Å²) in [4.78, 5) is 17.7. The number of methoxy groups -OCH3 is 1. The number of rotatable bonds is 5. The van der Waals surface area contributed by atoms with E-state index in [1.165, 1.54) is 5.56 Å². The van der Waals surface area contributed by atoms with E-state index in [2.05, 4.69) is 51.1 Å². The van der Waals surface area contributed by atoms with Gasteiger partial charge >= 0.3 is 0 Å². The lowest BCUT2D eigenvalue weighted by atomic mass is 10.3. The van der Waals surface area contributed by atoms with Crippen LogP contribution in [0.4, 0.5) is 5.95 Å². The van der Waals surface area contributed by atoms with Crippen molar-refractivity contribution in [2.75, 3.05) is 51.8 Å². The number of halogens is 1. The molecule has 0 aliphatic carbocycles. The summed E-state index contributed by atoms with van der Waals surface area (Å²) in [5, 5.41) is 7.72. The highest BCUT2D eigenvalue weighted by Crippen LogP contribution is 2.23. The molecule has 1 aliphatic rings. The summed E-state index contributed by atoms with van der Waals surface area (Å²) < 4.78 is 7.95. The number of hydrogen-bond donors (Lipinski definition) is 1. The third kappa shape index (κ3) is 4.88. The molecular weight excluding hydrogens is 412 g/mol. The van der Waals surface area contributed by atoms with Crippen molar-refractivity contribution in [3.05, 3.63) is 28.6 Å². The number of nitrogens with zero attached hydrogens (tertiary/aromatic N) is 7. The molecule has 0 bridgehead atoms. The van der Waals surface area contributed by atoms with Crippen LogP contribution in [0.15, 0.2) is 28.1 Å². The first-order chi connectivity index (χ1) is 13.1. The largest absolute Gasteiger partial charge is 0.480 e. The normalized spacial score (nSPS) is 15.2. The topological polar surface area (TPSA) is 83.7 Å². The first kappa shape index (κ1) is 19.4. The van der Waals surface area contributed by atoms with Crippen LogP contribution < -0.4 is 15.0 Å². The van der Waals surface area contributed by atoms with E-state index in [0.29, 0.717) is 11.8 Å². The molecule has 3 heterocycles. The van der Waals surface area contributed by atoms with Crippen molar-refractivity contribution in [2.24, 2.45) is 4.99 Å². The zero-order valence-corrected chi connectivity index (χ0v) is 17.5. The van der Waals surface area contributed by atoms with Crippen LogP contribution in [0, 0.1) is 6.92 Å². The molecule has 10 heteroatoms. The Balaban J connectivity index is 1.51. The van der Waals surface area contributed by atoms with Gasteiger partial charge in [-0.2, -0.15) is 10.1 Å². The maximum absolute atomic E-state index is 5.26. The lowest BCUT2D eigenvalue weighted by molar-refractivity contribution is 0.365. The number of aromatic nitrogens is 4. The minimum atomic E-state index is 0.550. The van der Waals surface area contributed by atoms with Gasteiger partial charge in [0.2, 0.25) is 11.8 Å². The maximum atomic E-state index is 5.26. The number of guanidine groups is 1. The van der Waals surface area contributed by atoms with Gasteiger partial charge in [-0.3, -0.25) is 9.67 Å². The van der Waals surface area contributed by atoms with E-state index in [9.17, 15) is 0 Å². The Morgan fingerprint density at radius 1 is 1.30 bits per heavy atom. The zero-order chi connectivity index (χ0) is 19.2. The van der Waals surface area contributed by atoms with Gasteiger partial charge in [0.25, 0.3) is 0 Å². The van der Waals surface area contributed by atoms with Gasteiger partial charge in [-0.1, -0.05) is 0 Å². The standard InChI is InChI=1S/C17H25BrN8O/c1-13-10-22-26(12-13)5-4-20-16(19-2)24-6-8-25(9-7-24)17-21-11-14(18)15(23-17)27-3/h10-12H,4-9H2,1-3H3,(H,19,20). The number of piperazine rings is 1. The lowest BCUT2D eigenvalue weighted by Gasteiger charge is -2.36. The van der Waals surface area contributed by atoms with E-state index < -0.39 is 0 Å². The van der Waals surface area contributed by atoms with Crippen molar-refractivity contribution in [1.29, 1.82) is 0 Å². The molecule has 1 aliphatic heterocycles. The van der Waals surface area contributed by atoms with Gasteiger partial charge in [0.15, 0.2) is 5.96 Å². The summed E-state index contributed by atoms with van der Waals surface area (Å²) in [6.45, 7) is 6.97. The van der Waals surface area contributed by atoms with Gasteiger partial charge in [0.05, 0.1) is 30.5 Å². The van der Waals surface area contributed by atoms with Gasteiger partial charge in [-0.05, 0) is 28.4 Å². The quantitative estimate of drug-likeness (QED) is 0.555. The highest BCUT2D eigenvalue weighted by atomic mass is 79.9. The van der Waals surface area contributed by atoms with E-state index in [-0.39, 0.29) is 0 Å². The SMILES string of the molecule is CN=C(NCCn1cc(C)cn1)N1CCN(c2ncc(Br)c(OC)n2)CC1. The van der Waals surface area contributed by atoms with Crippen LogP contribution in [0.25, 0.3) is 0 Å². The Hall–Kier alpha value is -2.36. The molecule has 0 amide bonds. The predicted octanol–water partition coefficient (Wildman–Crippen LogP) is 1.15. The number of nitrogens with one attached hydrogen (secondary N) is 1. The minimum absolute atomic E-state index is 0.550. The van der Waals surface area contributed by atoms with E-state index in [1.54, 1.807) is 13.3 Å². The van der Waals surface area contributed by atoms with Crippen molar-refractivity contribution < 1.29 is 4.74 Å². The predicted molar refractivity (Wildman–Crippen MR) is 108 cm³/mol. The summed E-state index contributed by atoms with van der Waals surface area (Å²) in [6, 6.07) is 0. The summed E-state index contributed by atoms with van der Waals surface area (Å²) in [7, 11) is 3.42. The molecule has 0 unspecified atom stereocenters. The lowest BCUT2D eigenvalue weighted by Crippen LogP contribution is -2.53. The van der Waals surface area contributed by atoms with Crippen LogP contribution in [0.5, 0.6) is 5.88 Å². The van der Waals surface area contributed by atoms with Gasteiger partial charge in [-0.15, -0.1) is 0 Å². The van der Waals surface area contributed by atoms with Crippen LogP contribution in [-0.2, 0) is 6.54 Å². The molecule has 0 aromatic carbocycles. The summed E-state index contributed by atoms with van der Waals surface area (Å²) in [6.07, 6.45) is 5.63. The molecule has 0 radical (unpaired) electrons. The maximum Gasteiger partial charge on any atom is 0.232 e. The van der Waals surface area contributed by atoms with Gasteiger partial charge in [0, 0.05) is 46.0 Å². The van der Waals surface area contributed by atoms with Crippen LogP contribution in [0.1, 0.15) is 5.56 Å². The Morgan fingerprint density at radius 3 is 2.70 bits per heavy atom. The molecule has 2 aromatic heterocycles. The molecule has 1 saturated heterocycles. The van der Waals surface area contributed by atoms with E-state index in [1.807, 2.05) is 31.0 Å². The second-order valence-electron chi connectivity index (χ2n) is 6.26. The fraction of sp³-hybridized carbons (Fsp3) is 0.529.